The Balaban J connectivity index is 2.43. The standard InChI is InChI=1S/C11H22N2S/c1-8(2)12-11(14)13(9(3)4)7-10-5-6-10/h8-10H,5-7H2,1-4H3,(H,12,14). The highest BCUT2D eigenvalue weighted by atomic mass is 32.1. The lowest BCUT2D eigenvalue weighted by Crippen LogP contribution is -2.46. The van der Waals surface area contributed by atoms with Crippen LogP contribution >= 0.6 is 12.2 Å². The van der Waals surface area contributed by atoms with Crippen molar-refractivity contribution in [3.63, 3.8) is 0 Å². The Morgan fingerprint density at radius 2 is 1.93 bits per heavy atom. The van der Waals surface area contributed by atoms with Crippen molar-refractivity contribution in [1.29, 1.82) is 0 Å². The van der Waals surface area contributed by atoms with Gasteiger partial charge in [0.1, 0.15) is 0 Å². The topological polar surface area (TPSA) is 15.3 Å². The van der Waals surface area contributed by atoms with E-state index in [1.807, 2.05) is 0 Å². The molecular formula is C11H22N2S. The first-order chi connectivity index (χ1) is 6.50. The Morgan fingerprint density at radius 3 is 2.29 bits per heavy atom. The largest absolute Gasteiger partial charge is 0.360 e. The molecule has 0 atom stereocenters. The third kappa shape index (κ3) is 3.82. The van der Waals surface area contributed by atoms with Crippen molar-refractivity contribution in [3.8, 4) is 0 Å². The van der Waals surface area contributed by atoms with E-state index in [4.69, 9.17) is 12.2 Å². The Hall–Kier alpha value is -0.310. The van der Waals surface area contributed by atoms with Gasteiger partial charge in [0.15, 0.2) is 5.11 Å². The number of nitrogens with zero attached hydrogens (tertiary/aromatic N) is 1. The SMILES string of the molecule is CC(C)NC(=S)N(CC1CC1)C(C)C. The maximum Gasteiger partial charge on any atom is 0.169 e. The molecule has 0 heterocycles. The molecule has 2 nitrogen and oxygen atoms in total. The normalized spacial score (nSPS) is 16.1. The van der Waals surface area contributed by atoms with Gasteiger partial charge in [-0.1, -0.05) is 0 Å². The Kier molecular flexibility index (Phi) is 4.17. The molecule has 0 unspecified atom stereocenters. The Morgan fingerprint density at radius 1 is 1.36 bits per heavy atom. The Labute approximate surface area is 93.1 Å². The van der Waals surface area contributed by atoms with E-state index in [1.165, 1.54) is 12.8 Å². The smallest absolute Gasteiger partial charge is 0.169 e. The van der Waals surface area contributed by atoms with E-state index in [2.05, 4.69) is 37.9 Å². The molecule has 0 bridgehead atoms. The van der Waals surface area contributed by atoms with Gasteiger partial charge in [0.05, 0.1) is 0 Å². The lowest BCUT2D eigenvalue weighted by Gasteiger charge is -2.30. The van der Waals surface area contributed by atoms with Gasteiger partial charge in [-0.2, -0.15) is 0 Å². The summed E-state index contributed by atoms with van der Waals surface area (Å²) in [7, 11) is 0. The van der Waals surface area contributed by atoms with Crippen molar-refractivity contribution in [2.75, 3.05) is 6.54 Å². The van der Waals surface area contributed by atoms with Gasteiger partial charge in [-0.25, -0.2) is 0 Å². The van der Waals surface area contributed by atoms with Crippen LogP contribution in [-0.2, 0) is 0 Å². The minimum absolute atomic E-state index is 0.433. The van der Waals surface area contributed by atoms with Gasteiger partial charge >= 0.3 is 0 Å². The maximum absolute atomic E-state index is 5.39. The predicted molar refractivity (Wildman–Crippen MR) is 65.4 cm³/mol. The molecule has 0 saturated heterocycles. The summed E-state index contributed by atoms with van der Waals surface area (Å²) < 4.78 is 0. The fourth-order valence-electron chi connectivity index (χ4n) is 1.44. The first kappa shape index (κ1) is 11.8. The van der Waals surface area contributed by atoms with Crippen LogP contribution in [0.1, 0.15) is 40.5 Å². The zero-order valence-electron chi connectivity index (χ0n) is 9.71. The molecule has 0 aromatic rings. The molecule has 1 N–H and O–H groups in total. The van der Waals surface area contributed by atoms with Crippen molar-refractivity contribution in [2.45, 2.75) is 52.6 Å². The summed E-state index contributed by atoms with van der Waals surface area (Å²) in [6.07, 6.45) is 2.76. The zero-order chi connectivity index (χ0) is 10.7. The molecule has 1 fully saturated rings. The van der Waals surface area contributed by atoms with Crippen molar-refractivity contribution < 1.29 is 0 Å². The molecule has 1 aliphatic rings. The van der Waals surface area contributed by atoms with Gasteiger partial charge in [-0.05, 0) is 58.7 Å². The fourth-order valence-corrected chi connectivity index (χ4v) is 1.96. The van der Waals surface area contributed by atoms with Gasteiger partial charge < -0.3 is 10.2 Å². The lowest BCUT2D eigenvalue weighted by atomic mass is 10.3. The van der Waals surface area contributed by atoms with Crippen LogP contribution in [0, 0.1) is 5.92 Å². The van der Waals surface area contributed by atoms with E-state index in [-0.39, 0.29) is 0 Å². The summed E-state index contributed by atoms with van der Waals surface area (Å²) in [6, 6.07) is 0.942. The van der Waals surface area contributed by atoms with E-state index in [0.29, 0.717) is 12.1 Å². The molecule has 0 aliphatic heterocycles. The summed E-state index contributed by atoms with van der Waals surface area (Å²) >= 11 is 5.39. The van der Waals surface area contributed by atoms with Gasteiger partial charge in [-0.3, -0.25) is 0 Å². The number of hydrogen-bond acceptors (Lipinski definition) is 1. The first-order valence-electron chi connectivity index (χ1n) is 5.57. The molecule has 1 aliphatic carbocycles. The van der Waals surface area contributed by atoms with E-state index in [0.717, 1.165) is 17.6 Å². The van der Waals surface area contributed by atoms with Gasteiger partial charge in [0.2, 0.25) is 0 Å². The van der Waals surface area contributed by atoms with Crippen LogP contribution < -0.4 is 5.32 Å². The third-order valence-electron chi connectivity index (χ3n) is 2.45. The van der Waals surface area contributed by atoms with Crippen LogP contribution in [0.2, 0.25) is 0 Å². The van der Waals surface area contributed by atoms with Gasteiger partial charge in [-0.15, -0.1) is 0 Å². The predicted octanol–water partition coefficient (Wildman–Crippen LogP) is 2.39. The molecule has 0 aromatic heterocycles. The average molecular weight is 214 g/mol. The molecule has 1 rings (SSSR count). The van der Waals surface area contributed by atoms with E-state index in [9.17, 15) is 0 Å². The molecule has 14 heavy (non-hydrogen) atoms. The number of thiocarbonyl (C=S) groups is 1. The quantitative estimate of drug-likeness (QED) is 0.723. The fraction of sp³-hybridized carbons (Fsp3) is 0.909. The number of rotatable bonds is 4. The second-order valence-corrected chi connectivity index (χ2v) is 5.18. The van der Waals surface area contributed by atoms with Crippen molar-refractivity contribution in [1.82, 2.24) is 10.2 Å². The van der Waals surface area contributed by atoms with Gasteiger partial charge in [0.25, 0.3) is 0 Å². The molecule has 1 saturated carbocycles. The Bertz CT molecular complexity index is 197. The van der Waals surface area contributed by atoms with Crippen LogP contribution in [0.5, 0.6) is 0 Å². The van der Waals surface area contributed by atoms with E-state index < -0.39 is 0 Å². The highest BCUT2D eigenvalue weighted by Crippen LogP contribution is 2.30. The molecule has 0 amide bonds. The zero-order valence-corrected chi connectivity index (χ0v) is 10.5. The van der Waals surface area contributed by atoms with Crippen LogP contribution in [-0.4, -0.2) is 28.6 Å². The summed E-state index contributed by atoms with van der Waals surface area (Å²) in [5, 5.41) is 4.23. The summed E-state index contributed by atoms with van der Waals surface area (Å²) in [5.74, 6) is 0.893. The highest BCUT2D eigenvalue weighted by Gasteiger charge is 2.26. The molecule has 82 valence electrons. The second kappa shape index (κ2) is 4.96. The minimum atomic E-state index is 0.433. The van der Waals surface area contributed by atoms with Crippen LogP contribution in [0.25, 0.3) is 0 Å². The summed E-state index contributed by atoms with van der Waals surface area (Å²) in [5.41, 5.74) is 0. The highest BCUT2D eigenvalue weighted by molar-refractivity contribution is 7.80. The summed E-state index contributed by atoms with van der Waals surface area (Å²) in [4.78, 5) is 2.31. The average Bonchev–Trinajstić information content (AvgIpc) is 2.80. The second-order valence-electron chi connectivity index (χ2n) is 4.79. The van der Waals surface area contributed by atoms with Crippen LogP contribution in [0.4, 0.5) is 0 Å². The lowest BCUT2D eigenvalue weighted by molar-refractivity contribution is 0.328. The molecular weight excluding hydrogens is 192 g/mol. The molecule has 0 radical (unpaired) electrons. The van der Waals surface area contributed by atoms with Crippen molar-refractivity contribution in [2.24, 2.45) is 5.92 Å². The first-order valence-corrected chi connectivity index (χ1v) is 5.98. The van der Waals surface area contributed by atoms with E-state index >= 15 is 0 Å². The molecule has 3 heteroatoms. The number of nitrogens with one attached hydrogen (secondary N) is 1. The third-order valence-corrected chi connectivity index (χ3v) is 2.80. The molecule has 0 aromatic carbocycles. The van der Waals surface area contributed by atoms with Crippen molar-refractivity contribution >= 4 is 17.3 Å². The number of hydrogen-bond donors (Lipinski definition) is 1. The summed E-state index contributed by atoms with van der Waals surface area (Å²) in [6.45, 7) is 9.80. The van der Waals surface area contributed by atoms with Crippen LogP contribution in [0.15, 0.2) is 0 Å². The minimum Gasteiger partial charge on any atom is -0.360 e. The van der Waals surface area contributed by atoms with Crippen molar-refractivity contribution in [3.05, 3.63) is 0 Å². The van der Waals surface area contributed by atoms with Gasteiger partial charge in [0, 0.05) is 18.6 Å². The van der Waals surface area contributed by atoms with E-state index in [1.54, 1.807) is 0 Å². The maximum atomic E-state index is 5.39. The van der Waals surface area contributed by atoms with Crippen LogP contribution in [0.3, 0.4) is 0 Å². The molecule has 0 spiro atoms. The monoisotopic (exact) mass is 214 g/mol.